The second kappa shape index (κ2) is 17.3. The smallest absolute Gasteiger partial charge is 0.337 e. The molecule has 3 aromatic carbocycles. The summed E-state index contributed by atoms with van der Waals surface area (Å²) < 4.78 is 4.75. The summed E-state index contributed by atoms with van der Waals surface area (Å²) in [5.41, 5.74) is 3.23. The fourth-order valence-corrected chi connectivity index (χ4v) is 5.73. The van der Waals surface area contributed by atoms with Crippen molar-refractivity contribution in [1.29, 1.82) is 0 Å². The molecule has 1 aliphatic rings. The van der Waals surface area contributed by atoms with E-state index in [4.69, 9.17) is 27.9 Å². The van der Waals surface area contributed by atoms with Crippen molar-refractivity contribution in [2.24, 2.45) is 0 Å². The summed E-state index contributed by atoms with van der Waals surface area (Å²) in [4.78, 5) is 57.1. The molecule has 47 heavy (non-hydrogen) atoms. The van der Waals surface area contributed by atoms with Crippen LogP contribution in [0.1, 0.15) is 49.5 Å². The average molecular weight is 683 g/mol. The molecule has 1 fully saturated rings. The van der Waals surface area contributed by atoms with Gasteiger partial charge in [0.25, 0.3) is 11.8 Å². The van der Waals surface area contributed by atoms with E-state index in [1.54, 1.807) is 36.4 Å². The highest BCUT2D eigenvalue weighted by atomic mass is 35.5. The Balaban J connectivity index is 1.46. The molecule has 10 nitrogen and oxygen atoms in total. The number of nitrogens with one attached hydrogen (secondary N) is 2. The van der Waals surface area contributed by atoms with Crippen molar-refractivity contribution in [3.05, 3.63) is 93.0 Å². The van der Waals surface area contributed by atoms with Crippen LogP contribution in [0.25, 0.3) is 0 Å². The molecule has 1 saturated heterocycles. The molecule has 3 aromatic rings. The molecule has 0 bridgehead atoms. The van der Waals surface area contributed by atoms with Gasteiger partial charge in [0.05, 0.1) is 24.0 Å². The number of hydrogen-bond donors (Lipinski definition) is 2. The van der Waals surface area contributed by atoms with E-state index in [1.807, 2.05) is 31.1 Å². The molecule has 0 atom stereocenters. The lowest BCUT2D eigenvalue weighted by Gasteiger charge is -2.37. The first-order chi connectivity index (χ1) is 22.5. The highest BCUT2D eigenvalue weighted by molar-refractivity contribution is 6.35. The van der Waals surface area contributed by atoms with Gasteiger partial charge in [-0.3, -0.25) is 19.3 Å². The minimum Gasteiger partial charge on any atom is -0.465 e. The average Bonchev–Trinajstić information content (AvgIpc) is 3.07. The number of carbonyl (C=O) groups excluding carboxylic acids is 4. The maximum atomic E-state index is 13.4. The van der Waals surface area contributed by atoms with Gasteiger partial charge >= 0.3 is 5.97 Å². The van der Waals surface area contributed by atoms with Crippen molar-refractivity contribution in [1.82, 2.24) is 15.1 Å². The van der Waals surface area contributed by atoms with Crippen LogP contribution in [0.2, 0.25) is 10.0 Å². The number of carbonyl (C=O) groups is 4. The number of benzene rings is 3. The Kier molecular flexibility index (Phi) is 13.2. The van der Waals surface area contributed by atoms with E-state index in [1.165, 1.54) is 19.2 Å². The Bertz CT molecular complexity index is 1570. The molecule has 2 amide bonds. The fourth-order valence-electron chi connectivity index (χ4n) is 5.23. The number of halogens is 2. The van der Waals surface area contributed by atoms with Crippen molar-refractivity contribution >= 4 is 58.1 Å². The third-order valence-corrected chi connectivity index (χ3v) is 8.61. The lowest BCUT2D eigenvalue weighted by atomic mass is 10.1. The number of esters is 1. The van der Waals surface area contributed by atoms with E-state index in [0.717, 1.165) is 30.9 Å². The number of ketones is 1. The molecule has 2 N–H and O–H groups in total. The second-order valence-corrected chi connectivity index (χ2v) is 12.5. The molecular weight excluding hydrogens is 641 g/mol. The summed E-state index contributed by atoms with van der Waals surface area (Å²) >= 11 is 12.3. The monoisotopic (exact) mass is 681 g/mol. The van der Waals surface area contributed by atoms with Crippen LogP contribution in [-0.4, -0.2) is 100 Å². The Morgan fingerprint density at radius 3 is 2.17 bits per heavy atom. The van der Waals surface area contributed by atoms with E-state index in [-0.39, 0.29) is 17.6 Å². The maximum Gasteiger partial charge on any atom is 0.337 e. The minimum atomic E-state index is -0.492. The zero-order valence-electron chi connectivity index (χ0n) is 27.0. The van der Waals surface area contributed by atoms with Gasteiger partial charge in [-0.15, -0.1) is 0 Å². The standard InChI is InChI=1S/C35H41Cl2N5O5/c1-40(2)16-13-29(43)14-17-41-18-20-42(21-19-41)32-11-9-27(33(44)38-15-12-24-8-10-28(36)23-30(24)37)22-31(32)39-34(45)25-4-6-26(7-5-25)35(46)47-3/h4-11,22-23H,12-21H2,1-3H3,(H,38,44)(H,39,45). The van der Waals surface area contributed by atoms with Crippen LogP contribution in [0.5, 0.6) is 0 Å². The SMILES string of the molecule is COC(=O)c1ccc(C(=O)Nc2cc(C(=O)NCCc3ccc(Cl)cc3Cl)ccc2N2CCN(CCC(=O)CCN(C)C)CC2)cc1. The van der Waals surface area contributed by atoms with Crippen LogP contribution in [0.3, 0.4) is 0 Å². The van der Waals surface area contributed by atoms with Crippen molar-refractivity contribution in [3.8, 4) is 0 Å². The Morgan fingerprint density at radius 1 is 0.830 bits per heavy atom. The van der Waals surface area contributed by atoms with Crippen molar-refractivity contribution in [2.75, 3.05) is 77.2 Å². The Morgan fingerprint density at radius 2 is 1.51 bits per heavy atom. The number of Topliss-reactive ketones (excluding diaryl/α,β-unsaturated/α-hetero) is 1. The third-order valence-electron chi connectivity index (χ3n) is 8.03. The highest BCUT2D eigenvalue weighted by Crippen LogP contribution is 2.29. The summed E-state index contributed by atoms with van der Waals surface area (Å²) in [7, 11) is 5.22. The van der Waals surface area contributed by atoms with E-state index in [9.17, 15) is 19.2 Å². The number of rotatable bonds is 14. The van der Waals surface area contributed by atoms with Crippen LogP contribution < -0.4 is 15.5 Å². The first-order valence-electron chi connectivity index (χ1n) is 15.5. The van der Waals surface area contributed by atoms with Gasteiger partial charge in [0.1, 0.15) is 5.78 Å². The molecular formula is C35H41Cl2N5O5. The van der Waals surface area contributed by atoms with E-state index < -0.39 is 5.97 Å². The molecule has 12 heteroatoms. The summed E-state index contributed by atoms with van der Waals surface area (Å²) in [5, 5.41) is 7.00. The number of methoxy groups -OCH3 is 1. The molecule has 1 aliphatic heterocycles. The predicted molar refractivity (Wildman–Crippen MR) is 186 cm³/mol. The molecule has 0 aliphatic carbocycles. The van der Waals surface area contributed by atoms with Gasteiger partial charge in [-0.2, -0.15) is 0 Å². The van der Waals surface area contributed by atoms with Gasteiger partial charge < -0.3 is 25.2 Å². The topological polar surface area (TPSA) is 111 Å². The lowest BCUT2D eigenvalue weighted by Crippen LogP contribution is -2.47. The number of hydrogen-bond acceptors (Lipinski definition) is 8. The molecule has 0 unspecified atom stereocenters. The minimum absolute atomic E-state index is 0.260. The van der Waals surface area contributed by atoms with Crippen LogP contribution in [0.15, 0.2) is 60.7 Å². The van der Waals surface area contributed by atoms with Crippen molar-refractivity contribution < 1.29 is 23.9 Å². The fraction of sp³-hybridized carbons (Fsp3) is 0.371. The predicted octanol–water partition coefficient (Wildman–Crippen LogP) is 5.04. The van der Waals surface area contributed by atoms with Gasteiger partial charge in [-0.1, -0.05) is 29.3 Å². The molecule has 0 saturated carbocycles. The summed E-state index contributed by atoms with van der Waals surface area (Å²) in [5.74, 6) is -0.903. The number of nitrogens with zero attached hydrogens (tertiary/aromatic N) is 3. The van der Waals surface area contributed by atoms with Crippen LogP contribution in [0, 0.1) is 0 Å². The van der Waals surface area contributed by atoms with Crippen LogP contribution in [0.4, 0.5) is 11.4 Å². The number of ether oxygens (including phenoxy) is 1. The Hall–Kier alpha value is -3.96. The Labute approximate surface area is 285 Å². The zero-order chi connectivity index (χ0) is 33.9. The second-order valence-electron chi connectivity index (χ2n) is 11.7. The maximum absolute atomic E-state index is 13.4. The molecule has 1 heterocycles. The molecule has 250 valence electrons. The summed E-state index contributed by atoms with van der Waals surface area (Å²) in [6, 6.07) is 16.7. The van der Waals surface area contributed by atoms with E-state index >= 15 is 0 Å². The van der Waals surface area contributed by atoms with Crippen LogP contribution in [-0.2, 0) is 16.0 Å². The van der Waals surface area contributed by atoms with Gasteiger partial charge in [0, 0.05) is 79.8 Å². The quantitative estimate of drug-likeness (QED) is 0.228. The highest BCUT2D eigenvalue weighted by Gasteiger charge is 2.22. The largest absolute Gasteiger partial charge is 0.465 e. The first-order valence-corrected chi connectivity index (χ1v) is 16.3. The molecule has 0 radical (unpaired) electrons. The molecule has 4 rings (SSSR count). The van der Waals surface area contributed by atoms with Gasteiger partial charge in [0.2, 0.25) is 0 Å². The van der Waals surface area contributed by atoms with Gasteiger partial charge in [-0.05, 0) is 80.7 Å². The van der Waals surface area contributed by atoms with Crippen molar-refractivity contribution in [2.45, 2.75) is 19.3 Å². The number of piperazine rings is 1. The third kappa shape index (κ3) is 10.5. The van der Waals surface area contributed by atoms with E-state index in [2.05, 4.69) is 20.4 Å². The first kappa shape index (κ1) is 35.9. The summed E-state index contributed by atoms with van der Waals surface area (Å²) in [6.45, 7) is 4.73. The summed E-state index contributed by atoms with van der Waals surface area (Å²) in [6.07, 6.45) is 1.60. The van der Waals surface area contributed by atoms with Gasteiger partial charge in [-0.25, -0.2) is 4.79 Å². The zero-order valence-corrected chi connectivity index (χ0v) is 28.5. The van der Waals surface area contributed by atoms with E-state index in [0.29, 0.717) is 77.9 Å². The normalized spacial score (nSPS) is 13.4. The molecule has 0 aromatic heterocycles. The van der Waals surface area contributed by atoms with Crippen LogP contribution >= 0.6 is 23.2 Å². The van der Waals surface area contributed by atoms with Crippen molar-refractivity contribution in [3.63, 3.8) is 0 Å². The lowest BCUT2D eigenvalue weighted by molar-refractivity contribution is -0.119. The van der Waals surface area contributed by atoms with Gasteiger partial charge in [0.15, 0.2) is 0 Å². The number of amides is 2. The molecule has 0 spiro atoms. The number of anilines is 2.